The topological polar surface area (TPSA) is 204 Å². The molecule has 2 N–H and O–H groups in total. The van der Waals surface area contributed by atoms with E-state index in [1.165, 1.54) is 84.9 Å². The second kappa shape index (κ2) is 15.3. The summed E-state index contributed by atoms with van der Waals surface area (Å²) in [6.07, 6.45) is 2.35. The Hall–Kier alpha value is -2.53. The van der Waals surface area contributed by atoms with Crippen molar-refractivity contribution in [3.05, 3.63) is 96.1 Å². The van der Waals surface area contributed by atoms with Gasteiger partial charge in [-0.25, -0.2) is 16.8 Å². The number of benzene rings is 4. The van der Waals surface area contributed by atoms with Gasteiger partial charge in [-0.3, -0.25) is 0 Å². The van der Waals surface area contributed by atoms with Gasteiger partial charge in [-0.05, 0) is 83.9 Å². The van der Waals surface area contributed by atoms with Gasteiger partial charge in [-0.1, -0.05) is 24.3 Å². The average Bonchev–Trinajstić information content (AvgIpc) is 2.90. The number of nitrogens with zero attached hydrogens (tertiary/aromatic N) is 4. The molecule has 0 spiro atoms. The van der Waals surface area contributed by atoms with Crippen LogP contribution in [0.3, 0.4) is 0 Å². The number of hydrogen-bond acceptors (Lipinski definition) is 12. The number of aromatic hydroxyl groups is 2. The van der Waals surface area contributed by atoms with E-state index in [0.29, 0.717) is 11.4 Å². The summed E-state index contributed by atoms with van der Waals surface area (Å²) < 4.78 is 71.6. The molecule has 4 aromatic rings. The van der Waals surface area contributed by atoms with Gasteiger partial charge in [0.15, 0.2) is 0 Å². The average molecular weight is 625 g/mol. The van der Waals surface area contributed by atoms with Crippen LogP contribution in [0.4, 0.5) is 22.7 Å². The van der Waals surface area contributed by atoms with Crippen LogP contribution in [0.25, 0.3) is 12.2 Å². The van der Waals surface area contributed by atoms with Crippen LogP contribution in [0.2, 0.25) is 0 Å². The van der Waals surface area contributed by atoms with Crippen LogP contribution in [0.1, 0.15) is 11.1 Å². The van der Waals surface area contributed by atoms with E-state index in [2.05, 4.69) is 20.5 Å². The van der Waals surface area contributed by atoms with E-state index in [4.69, 9.17) is 0 Å². The van der Waals surface area contributed by atoms with Gasteiger partial charge in [0.2, 0.25) is 0 Å². The Morgan fingerprint density at radius 3 is 1.12 bits per heavy atom. The molecule has 0 heterocycles. The van der Waals surface area contributed by atoms with Crippen molar-refractivity contribution in [3.8, 4) is 11.5 Å². The van der Waals surface area contributed by atoms with E-state index < -0.39 is 30.0 Å². The van der Waals surface area contributed by atoms with Crippen molar-refractivity contribution in [2.75, 3.05) is 0 Å². The number of hydrogen-bond donors (Lipinski definition) is 2. The molecule has 4 aromatic carbocycles. The Kier molecular flexibility index (Phi) is 13.0. The fourth-order valence-corrected chi connectivity index (χ4v) is 4.71. The Morgan fingerprint density at radius 2 is 0.810 bits per heavy atom. The molecule has 0 atom stereocenters. The van der Waals surface area contributed by atoms with Gasteiger partial charge in [0, 0.05) is 0 Å². The Balaban J connectivity index is 0.00000308. The van der Waals surface area contributed by atoms with Gasteiger partial charge in [0.05, 0.1) is 32.5 Å². The van der Waals surface area contributed by atoms with Crippen LogP contribution in [-0.2, 0) is 20.2 Å². The van der Waals surface area contributed by atoms with Gasteiger partial charge >= 0.3 is 70.2 Å². The molecule has 0 fully saturated rings. The van der Waals surface area contributed by atoms with Gasteiger partial charge in [-0.15, -0.1) is 0 Å². The first-order valence-corrected chi connectivity index (χ1v) is 14.0. The molecule has 12 nitrogen and oxygen atoms in total. The molecule has 204 valence electrons. The smallest absolute Gasteiger partial charge is 0.744 e. The third kappa shape index (κ3) is 10.0. The molecule has 0 saturated carbocycles. The van der Waals surface area contributed by atoms with E-state index in [9.17, 15) is 36.2 Å². The first-order chi connectivity index (χ1) is 18.9. The van der Waals surface area contributed by atoms with Gasteiger partial charge in [-0.2, -0.15) is 20.5 Å². The number of rotatable bonds is 8. The first kappa shape index (κ1) is 35.7. The first-order valence-electron chi connectivity index (χ1n) is 11.2. The molecule has 4 rings (SSSR count). The minimum Gasteiger partial charge on any atom is -0.744 e. The molecule has 0 radical (unpaired) electrons. The molecule has 0 aliphatic carbocycles. The molecule has 42 heavy (non-hydrogen) atoms. The Morgan fingerprint density at radius 1 is 0.524 bits per heavy atom. The Labute approximate surface area is 296 Å². The summed E-state index contributed by atoms with van der Waals surface area (Å²) in [4.78, 5) is -1.28. The van der Waals surface area contributed by atoms with E-state index >= 15 is 0 Å². The normalized spacial score (nSPS) is 12.0. The predicted octanol–water partition coefficient (Wildman–Crippen LogP) is -0.0848. The summed E-state index contributed by atoms with van der Waals surface area (Å²) in [7, 11) is -9.98. The Bertz CT molecular complexity index is 1730. The van der Waals surface area contributed by atoms with Crippen molar-refractivity contribution in [2.45, 2.75) is 9.79 Å². The van der Waals surface area contributed by atoms with Gasteiger partial charge in [0.1, 0.15) is 31.7 Å². The van der Waals surface area contributed by atoms with Crippen LogP contribution < -0.4 is 70.2 Å². The molecule has 0 bridgehead atoms. The maximum absolute atomic E-state index is 11.9. The molecule has 0 unspecified atom stereocenters. The standard InChI is InChI=1S/C26H20N4O8S2.K.Li/c31-23-11-7-19(8-12-23)27-29-21-5-3-17(25(15-21)39(33,34)35)1-2-18-4-6-22(16-26(18)40(36,37)38)30-28-20-9-13-24(32)14-10-20;;/h1-16,31-32H,(H,33,34,35)(H,36,37,38);;/q;2*+1/p-2. The minimum atomic E-state index is -4.99. The summed E-state index contributed by atoms with van der Waals surface area (Å²) in [5, 5.41) is 34.3. The van der Waals surface area contributed by atoms with Crippen molar-refractivity contribution >= 4 is 55.1 Å². The summed E-state index contributed by atoms with van der Waals surface area (Å²) in [6.45, 7) is 0. The third-order valence-electron chi connectivity index (χ3n) is 5.24. The van der Waals surface area contributed by atoms with Gasteiger partial charge < -0.3 is 19.3 Å². The fourth-order valence-electron chi connectivity index (χ4n) is 3.33. The molecule has 0 aliphatic rings. The van der Waals surface area contributed by atoms with Crippen molar-refractivity contribution in [1.29, 1.82) is 0 Å². The molecule has 0 saturated heterocycles. The van der Waals surface area contributed by atoms with E-state index in [0.717, 1.165) is 12.1 Å². The monoisotopic (exact) mass is 624 g/mol. The summed E-state index contributed by atoms with van der Waals surface area (Å²) >= 11 is 0. The second-order valence-electron chi connectivity index (χ2n) is 8.12. The van der Waals surface area contributed by atoms with Gasteiger partial charge in [0.25, 0.3) is 0 Å². The van der Waals surface area contributed by atoms with Crippen molar-refractivity contribution < 1.29 is 106 Å². The number of azo groups is 2. The van der Waals surface area contributed by atoms with Crippen molar-refractivity contribution in [2.24, 2.45) is 20.5 Å². The predicted molar refractivity (Wildman–Crippen MR) is 142 cm³/mol. The van der Waals surface area contributed by atoms with Crippen LogP contribution in [0.15, 0.2) is 115 Å². The zero-order chi connectivity index (χ0) is 28.9. The number of phenols is 2. The summed E-state index contributed by atoms with van der Waals surface area (Å²) in [6, 6.07) is 18.8. The fraction of sp³-hybridized carbons (Fsp3) is 0. The third-order valence-corrected chi connectivity index (χ3v) is 7.02. The van der Waals surface area contributed by atoms with Crippen LogP contribution in [0, 0.1) is 0 Å². The quantitative estimate of drug-likeness (QED) is 0.117. The summed E-state index contributed by atoms with van der Waals surface area (Å²) in [5.41, 5.74) is 0.667. The van der Waals surface area contributed by atoms with Crippen LogP contribution >= 0.6 is 0 Å². The SMILES string of the molecule is O=S(=O)([O-])c1cc(N=Nc2ccc(O)cc2)ccc1C=Cc1ccc(N=Nc2ccc(O)cc2)cc1S(=O)(=O)[O-].[K+].[Li+]. The molecular formula is C26H18KLiN4O8S2. The maximum Gasteiger partial charge on any atom is 1.00 e. The largest absolute Gasteiger partial charge is 1.00 e. The van der Waals surface area contributed by atoms with Crippen molar-refractivity contribution in [1.82, 2.24) is 0 Å². The van der Waals surface area contributed by atoms with Crippen molar-refractivity contribution in [3.63, 3.8) is 0 Å². The van der Waals surface area contributed by atoms with E-state index in [1.807, 2.05) is 0 Å². The molecule has 0 aliphatic heterocycles. The summed E-state index contributed by atoms with van der Waals surface area (Å²) in [5.74, 6) is 0.0479. The zero-order valence-electron chi connectivity index (χ0n) is 22.2. The van der Waals surface area contributed by atoms with E-state index in [-0.39, 0.29) is 104 Å². The minimum absolute atomic E-state index is 0. The maximum atomic E-state index is 11.9. The molecular weight excluding hydrogens is 606 g/mol. The van der Waals surface area contributed by atoms with E-state index in [1.54, 1.807) is 0 Å². The second-order valence-corrected chi connectivity index (χ2v) is 10.8. The zero-order valence-corrected chi connectivity index (χ0v) is 26.9. The van der Waals surface area contributed by atoms with Crippen LogP contribution in [0.5, 0.6) is 11.5 Å². The molecule has 0 aromatic heterocycles. The molecule has 16 heteroatoms. The van der Waals surface area contributed by atoms with Crippen LogP contribution in [-0.4, -0.2) is 36.2 Å². The molecule has 0 amide bonds. The number of phenolic OH excluding ortho intramolecular Hbond substituents is 2.